The van der Waals surface area contributed by atoms with Crippen LogP contribution in [-0.2, 0) is 6.54 Å². The van der Waals surface area contributed by atoms with Crippen molar-refractivity contribution in [2.24, 2.45) is 5.92 Å². The van der Waals surface area contributed by atoms with Gasteiger partial charge in [-0.05, 0) is 49.5 Å². The first kappa shape index (κ1) is 12.2. The van der Waals surface area contributed by atoms with Crippen LogP contribution in [0.25, 0.3) is 0 Å². The Morgan fingerprint density at radius 2 is 1.88 bits per heavy atom. The Morgan fingerprint density at radius 1 is 1.19 bits per heavy atom. The molecule has 3 heteroatoms. The second kappa shape index (κ2) is 5.39. The van der Waals surface area contributed by atoms with Gasteiger partial charge in [0.15, 0.2) is 0 Å². The second-order valence-corrected chi connectivity index (χ2v) is 5.52. The number of rotatable bonds is 2. The van der Waals surface area contributed by atoms with Crippen molar-refractivity contribution in [3.8, 4) is 0 Å². The van der Waals surface area contributed by atoms with Crippen molar-refractivity contribution in [3.05, 3.63) is 33.8 Å². The van der Waals surface area contributed by atoms with Gasteiger partial charge in [0.2, 0.25) is 0 Å². The predicted molar refractivity (Wildman–Crippen MR) is 70.1 cm³/mol. The van der Waals surface area contributed by atoms with Gasteiger partial charge in [-0.3, -0.25) is 4.90 Å². The Kier molecular flexibility index (Phi) is 4.12. The first-order valence-corrected chi connectivity index (χ1v) is 6.57. The molecule has 0 amide bonds. The van der Waals surface area contributed by atoms with Gasteiger partial charge in [-0.15, -0.1) is 0 Å². The molecule has 0 bridgehead atoms. The summed E-state index contributed by atoms with van der Waals surface area (Å²) in [4.78, 5) is 2.49. The fourth-order valence-electron chi connectivity index (χ4n) is 2.12. The van der Waals surface area contributed by atoms with Crippen LogP contribution in [0.3, 0.4) is 0 Å². The molecule has 88 valence electrons. The third kappa shape index (κ3) is 3.13. The van der Waals surface area contributed by atoms with Gasteiger partial charge in [-0.1, -0.05) is 36.2 Å². The van der Waals surface area contributed by atoms with Gasteiger partial charge in [0, 0.05) is 6.54 Å². The van der Waals surface area contributed by atoms with Gasteiger partial charge in [0.1, 0.15) is 0 Å². The van der Waals surface area contributed by atoms with Gasteiger partial charge in [0.25, 0.3) is 0 Å². The first-order chi connectivity index (χ1) is 7.65. The van der Waals surface area contributed by atoms with Gasteiger partial charge < -0.3 is 0 Å². The van der Waals surface area contributed by atoms with Crippen molar-refractivity contribution in [1.82, 2.24) is 4.90 Å². The molecule has 16 heavy (non-hydrogen) atoms. The molecule has 1 aromatic carbocycles. The molecule has 0 saturated carbocycles. The van der Waals surface area contributed by atoms with Gasteiger partial charge in [-0.2, -0.15) is 0 Å². The highest BCUT2D eigenvalue weighted by atomic mass is 35.5. The van der Waals surface area contributed by atoms with Crippen molar-refractivity contribution >= 4 is 23.2 Å². The molecule has 0 aliphatic carbocycles. The molecule has 1 saturated heterocycles. The molecule has 1 heterocycles. The van der Waals surface area contributed by atoms with Gasteiger partial charge in [-0.25, -0.2) is 0 Å². The molecular formula is C13H17Cl2N. The minimum Gasteiger partial charge on any atom is -0.299 e. The number of likely N-dealkylation sites (tertiary alicyclic amines) is 1. The van der Waals surface area contributed by atoms with E-state index in [9.17, 15) is 0 Å². The summed E-state index contributed by atoms with van der Waals surface area (Å²) >= 11 is 11.9. The predicted octanol–water partition coefficient (Wildman–Crippen LogP) is 4.23. The Labute approximate surface area is 107 Å². The Hall–Kier alpha value is -0.240. The third-order valence-electron chi connectivity index (χ3n) is 3.27. The van der Waals surface area contributed by atoms with E-state index in [1.807, 2.05) is 12.1 Å². The molecule has 0 N–H and O–H groups in total. The van der Waals surface area contributed by atoms with Gasteiger partial charge in [0.05, 0.1) is 10.0 Å². The summed E-state index contributed by atoms with van der Waals surface area (Å²) < 4.78 is 0. The lowest BCUT2D eigenvalue weighted by Crippen LogP contribution is -2.32. The number of benzene rings is 1. The fraction of sp³-hybridized carbons (Fsp3) is 0.538. The van der Waals surface area contributed by atoms with Crippen LogP contribution < -0.4 is 0 Å². The molecule has 0 unspecified atom stereocenters. The highest BCUT2D eigenvalue weighted by molar-refractivity contribution is 6.42. The summed E-state index contributed by atoms with van der Waals surface area (Å²) in [5.74, 6) is 0.880. The van der Waals surface area contributed by atoms with Crippen LogP contribution in [0.1, 0.15) is 25.3 Å². The van der Waals surface area contributed by atoms with E-state index in [-0.39, 0.29) is 0 Å². The smallest absolute Gasteiger partial charge is 0.0595 e. The molecule has 0 aromatic heterocycles. The quantitative estimate of drug-likeness (QED) is 0.767. The van der Waals surface area contributed by atoms with Crippen molar-refractivity contribution in [2.75, 3.05) is 13.1 Å². The summed E-state index contributed by atoms with van der Waals surface area (Å²) in [6, 6.07) is 5.92. The summed E-state index contributed by atoms with van der Waals surface area (Å²) in [7, 11) is 0. The van der Waals surface area contributed by atoms with E-state index in [1.54, 1.807) is 0 Å². The van der Waals surface area contributed by atoms with Crippen LogP contribution in [0.5, 0.6) is 0 Å². The zero-order valence-electron chi connectivity index (χ0n) is 9.55. The maximum absolute atomic E-state index is 6.00. The number of nitrogens with zero attached hydrogens (tertiary/aromatic N) is 1. The molecule has 2 rings (SSSR count). The average Bonchev–Trinajstić information content (AvgIpc) is 2.27. The highest BCUT2D eigenvalue weighted by Gasteiger charge is 2.15. The lowest BCUT2D eigenvalue weighted by atomic mass is 9.99. The van der Waals surface area contributed by atoms with Crippen LogP contribution in [-0.4, -0.2) is 18.0 Å². The first-order valence-electron chi connectivity index (χ1n) is 5.81. The standard InChI is InChI=1S/C13H17Cl2N/c1-10-4-6-16(7-5-10)9-11-2-3-12(14)13(15)8-11/h2-3,8,10H,4-7,9H2,1H3. The summed E-state index contributed by atoms with van der Waals surface area (Å²) in [6.07, 6.45) is 2.61. The molecule has 1 fully saturated rings. The van der Waals surface area contributed by atoms with Crippen LogP contribution in [0, 0.1) is 5.92 Å². The molecule has 0 atom stereocenters. The van der Waals surface area contributed by atoms with E-state index in [2.05, 4.69) is 17.9 Å². The van der Waals surface area contributed by atoms with E-state index >= 15 is 0 Å². The molecular weight excluding hydrogens is 241 g/mol. The van der Waals surface area contributed by atoms with Crippen molar-refractivity contribution < 1.29 is 0 Å². The Balaban J connectivity index is 1.96. The Bertz CT molecular complexity index is 357. The van der Waals surface area contributed by atoms with Crippen LogP contribution in [0.2, 0.25) is 10.0 Å². The SMILES string of the molecule is CC1CCN(Cc2ccc(Cl)c(Cl)c2)CC1. The second-order valence-electron chi connectivity index (χ2n) is 4.71. The molecule has 1 aliphatic rings. The van der Waals surface area contributed by atoms with Crippen molar-refractivity contribution in [1.29, 1.82) is 0 Å². The van der Waals surface area contributed by atoms with Crippen LogP contribution in [0.15, 0.2) is 18.2 Å². The number of hydrogen-bond donors (Lipinski definition) is 0. The monoisotopic (exact) mass is 257 g/mol. The van der Waals surface area contributed by atoms with Crippen LogP contribution >= 0.6 is 23.2 Å². The third-order valence-corrected chi connectivity index (χ3v) is 4.01. The minimum absolute atomic E-state index is 0.637. The van der Waals surface area contributed by atoms with E-state index in [0.717, 1.165) is 12.5 Å². The normalized spacial score (nSPS) is 18.9. The maximum Gasteiger partial charge on any atom is 0.0595 e. The lowest BCUT2D eigenvalue weighted by Gasteiger charge is -2.30. The number of halogens is 2. The summed E-state index contributed by atoms with van der Waals surface area (Å²) in [5.41, 5.74) is 1.25. The van der Waals surface area contributed by atoms with Crippen LogP contribution in [0.4, 0.5) is 0 Å². The van der Waals surface area contributed by atoms with E-state index in [0.29, 0.717) is 10.0 Å². The van der Waals surface area contributed by atoms with E-state index in [1.165, 1.54) is 31.5 Å². The maximum atomic E-state index is 6.00. The number of hydrogen-bond acceptors (Lipinski definition) is 1. The molecule has 1 aromatic rings. The topological polar surface area (TPSA) is 3.24 Å². The number of piperidine rings is 1. The summed E-state index contributed by atoms with van der Waals surface area (Å²) in [6.45, 7) is 5.71. The average molecular weight is 258 g/mol. The zero-order valence-corrected chi connectivity index (χ0v) is 11.1. The molecule has 1 aliphatic heterocycles. The zero-order chi connectivity index (χ0) is 11.5. The van der Waals surface area contributed by atoms with Crippen molar-refractivity contribution in [3.63, 3.8) is 0 Å². The molecule has 1 nitrogen and oxygen atoms in total. The Morgan fingerprint density at radius 3 is 2.50 bits per heavy atom. The van der Waals surface area contributed by atoms with Crippen molar-refractivity contribution in [2.45, 2.75) is 26.3 Å². The van der Waals surface area contributed by atoms with Gasteiger partial charge >= 0.3 is 0 Å². The summed E-state index contributed by atoms with van der Waals surface area (Å²) in [5, 5.41) is 1.29. The lowest BCUT2D eigenvalue weighted by molar-refractivity contribution is 0.185. The van der Waals surface area contributed by atoms with E-state index < -0.39 is 0 Å². The molecule has 0 radical (unpaired) electrons. The molecule has 0 spiro atoms. The highest BCUT2D eigenvalue weighted by Crippen LogP contribution is 2.24. The fourth-order valence-corrected chi connectivity index (χ4v) is 2.44. The van der Waals surface area contributed by atoms with E-state index in [4.69, 9.17) is 23.2 Å². The largest absolute Gasteiger partial charge is 0.299 e. The minimum atomic E-state index is 0.637.